The molecule has 4 atom stereocenters. The highest BCUT2D eigenvalue weighted by molar-refractivity contribution is 5.75. The van der Waals surface area contributed by atoms with E-state index in [1.807, 2.05) is 13.8 Å². The van der Waals surface area contributed by atoms with Crippen LogP contribution in [0.1, 0.15) is 78.5 Å². The Balaban J connectivity index is 0.000000210. The Morgan fingerprint density at radius 1 is 0.396 bits per heavy atom. The first kappa shape index (κ1) is 42.4. The summed E-state index contributed by atoms with van der Waals surface area (Å²) < 4.78 is 0. The number of rotatable bonds is 4. The normalized spacial score (nSPS) is 17.8. The molecule has 0 aromatic heterocycles. The predicted molar refractivity (Wildman–Crippen MR) is 234 cm³/mol. The largest absolute Gasteiger partial charge is 0.274 e. The van der Waals surface area contributed by atoms with Crippen LogP contribution in [0.3, 0.4) is 0 Å². The average Bonchev–Trinajstić information content (AvgIpc) is 3.19. The molecule has 5 aromatic rings. The molecule has 7 rings (SSSR count). The van der Waals surface area contributed by atoms with Gasteiger partial charge in [0.1, 0.15) is 0 Å². The van der Waals surface area contributed by atoms with Crippen molar-refractivity contribution in [2.24, 2.45) is 23.5 Å². The van der Waals surface area contributed by atoms with Crippen molar-refractivity contribution < 1.29 is 0 Å². The summed E-state index contributed by atoms with van der Waals surface area (Å²) >= 11 is 0. The number of benzene rings is 5. The van der Waals surface area contributed by atoms with Crippen LogP contribution >= 0.6 is 0 Å². The van der Waals surface area contributed by atoms with E-state index in [4.69, 9.17) is 0 Å². The van der Waals surface area contributed by atoms with E-state index in [0.29, 0.717) is 23.7 Å². The maximum Gasteiger partial charge on any atom is 0.00839 e. The van der Waals surface area contributed by atoms with E-state index < -0.39 is 0 Å². The van der Waals surface area contributed by atoms with Crippen molar-refractivity contribution in [1.29, 1.82) is 0 Å². The summed E-state index contributed by atoms with van der Waals surface area (Å²) in [6.07, 6.45) is 17.7. The predicted octanol–water partition coefficient (Wildman–Crippen LogP) is 13.5. The molecule has 0 heterocycles. The fourth-order valence-electron chi connectivity index (χ4n) is 6.79. The number of allylic oxidation sites excluding steroid dienone is 8. The van der Waals surface area contributed by atoms with E-state index >= 15 is 0 Å². The summed E-state index contributed by atoms with van der Waals surface area (Å²) in [7, 11) is 0. The van der Waals surface area contributed by atoms with Crippen LogP contribution < -0.4 is 11.7 Å². The number of hydrogen-bond donors (Lipinski definition) is 2. The molecule has 5 aromatic carbocycles. The lowest BCUT2D eigenvalue weighted by molar-refractivity contribution is 0.632. The van der Waals surface area contributed by atoms with Crippen LogP contribution in [0.5, 0.6) is 0 Å². The topological polar surface area (TPSA) is 52.0 Å². The Labute approximate surface area is 321 Å². The van der Waals surface area contributed by atoms with Gasteiger partial charge in [-0.25, -0.2) is 0 Å². The van der Waals surface area contributed by atoms with Gasteiger partial charge < -0.3 is 0 Å². The lowest BCUT2D eigenvalue weighted by Gasteiger charge is -2.22. The van der Waals surface area contributed by atoms with Gasteiger partial charge in [0.25, 0.3) is 0 Å². The molecular formula is C51H62N2. The highest BCUT2D eigenvalue weighted by Crippen LogP contribution is 2.33. The highest BCUT2D eigenvalue weighted by Gasteiger charge is 2.18. The fraction of sp³-hybridized carbons (Fsp3) is 0.255. The summed E-state index contributed by atoms with van der Waals surface area (Å²) in [5, 5.41) is 0. The van der Waals surface area contributed by atoms with Crippen LogP contribution in [0.2, 0.25) is 0 Å². The monoisotopic (exact) mass is 702 g/mol. The third-order valence-corrected chi connectivity index (χ3v) is 9.87. The van der Waals surface area contributed by atoms with E-state index in [9.17, 15) is 0 Å². The van der Waals surface area contributed by atoms with Gasteiger partial charge in [0.05, 0.1) is 0 Å². The molecule has 0 spiro atoms. The second kappa shape index (κ2) is 22.1. The maximum absolute atomic E-state index is 4.00. The molecule has 4 unspecified atom stereocenters. The molecule has 2 nitrogen and oxygen atoms in total. The van der Waals surface area contributed by atoms with Gasteiger partial charge in [0, 0.05) is 11.8 Å². The van der Waals surface area contributed by atoms with Crippen LogP contribution in [-0.4, -0.2) is 0 Å². The number of hydrogen-bond acceptors (Lipinski definition) is 2. The second-order valence-corrected chi connectivity index (χ2v) is 13.8. The van der Waals surface area contributed by atoms with Crippen LogP contribution in [0.15, 0.2) is 164 Å². The first-order valence-corrected chi connectivity index (χ1v) is 19.1. The third-order valence-electron chi connectivity index (χ3n) is 9.87. The van der Waals surface area contributed by atoms with Gasteiger partial charge in [-0.3, -0.25) is 11.7 Å². The smallest absolute Gasteiger partial charge is 0.00839 e. The summed E-state index contributed by atoms with van der Waals surface area (Å²) in [6.45, 7) is 19.4. The Hall–Kier alpha value is -5.02. The molecule has 0 amide bonds. The Bertz CT molecular complexity index is 1880. The zero-order valence-electron chi connectivity index (χ0n) is 33.6. The zero-order chi connectivity index (χ0) is 38.8. The Morgan fingerprint density at radius 3 is 1.34 bits per heavy atom. The summed E-state index contributed by atoms with van der Waals surface area (Å²) in [4.78, 5) is 0. The summed E-state index contributed by atoms with van der Waals surface area (Å²) in [6, 6.07) is 41.5. The molecular weight excluding hydrogens is 641 g/mol. The molecule has 2 aliphatic carbocycles. The van der Waals surface area contributed by atoms with E-state index in [1.165, 1.54) is 61.2 Å². The van der Waals surface area contributed by atoms with Gasteiger partial charge in [-0.2, -0.15) is 0 Å². The molecule has 276 valence electrons. The minimum atomic E-state index is 0.557. The standard InChI is InChI=1S/C21H20.2C14H16.C2H6.H4N2/c1-15-8-11-18(12-9-15)19-5-4-6-20(14-19)21-13-16(2)7-10-17(21)3;2*1-11-7-3-5-9-13(11)14-10-6-4-8-12(14)2;2*1-2/h4-14H,1-3H3;2*3-11,13H,1-2H3;1-2H3;1-2H2. The number of hydrazine groups is 1. The number of aryl methyl sites for hydroxylation is 5. The van der Waals surface area contributed by atoms with Gasteiger partial charge in [-0.05, 0) is 103 Å². The quantitative estimate of drug-likeness (QED) is 0.145. The Morgan fingerprint density at radius 2 is 0.849 bits per heavy atom. The van der Waals surface area contributed by atoms with E-state index in [0.717, 1.165) is 0 Å². The molecule has 0 fully saturated rings. The van der Waals surface area contributed by atoms with Gasteiger partial charge in [-0.15, -0.1) is 0 Å². The molecule has 2 heteroatoms. The molecule has 0 aliphatic heterocycles. The van der Waals surface area contributed by atoms with E-state index in [2.05, 4.69) is 224 Å². The van der Waals surface area contributed by atoms with Crippen molar-refractivity contribution in [3.8, 4) is 22.3 Å². The van der Waals surface area contributed by atoms with Crippen molar-refractivity contribution in [1.82, 2.24) is 0 Å². The van der Waals surface area contributed by atoms with Crippen molar-refractivity contribution in [3.05, 3.63) is 203 Å². The third kappa shape index (κ3) is 12.3. The van der Waals surface area contributed by atoms with Crippen LogP contribution in [0.25, 0.3) is 22.3 Å². The SMILES string of the molecule is CC.Cc1ccc(-c2cccc(-c3cc(C)ccc3C)c2)cc1.Cc1ccccc1C1C=CC=CC1C.Cc1ccccc1C1C=CC=CC1C.NN. The van der Waals surface area contributed by atoms with Crippen molar-refractivity contribution >= 4 is 0 Å². The molecule has 0 saturated heterocycles. The molecule has 53 heavy (non-hydrogen) atoms. The molecule has 0 radical (unpaired) electrons. The molecule has 2 aliphatic rings. The second-order valence-electron chi connectivity index (χ2n) is 13.8. The first-order valence-electron chi connectivity index (χ1n) is 19.1. The van der Waals surface area contributed by atoms with Crippen LogP contribution in [0, 0.1) is 46.5 Å². The highest BCUT2D eigenvalue weighted by atomic mass is 15.0. The fourth-order valence-corrected chi connectivity index (χ4v) is 6.79. The van der Waals surface area contributed by atoms with Gasteiger partial charge >= 0.3 is 0 Å². The molecule has 4 N–H and O–H groups in total. The van der Waals surface area contributed by atoms with Crippen molar-refractivity contribution in [2.45, 2.75) is 74.1 Å². The Kier molecular flexibility index (Phi) is 17.7. The minimum absolute atomic E-state index is 0.557. The van der Waals surface area contributed by atoms with Gasteiger partial charge in [0.2, 0.25) is 0 Å². The van der Waals surface area contributed by atoms with E-state index in [1.54, 1.807) is 0 Å². The van der Waals surface area contributed by atoms with Gasteiger partial charge in [-0.1, -0.05) is 197 Å². The molecule has 0 bridgehead atoms. The summed E-state index contributed by atoms with van der Waals surface area (Å²) in [5.74, 6) is 10.3. The lowest BCUT2D eigenvalue weighted by Crippen LogP contribution is -2.08. The van der Waals surface area contributed by atoms with Crippen LogP contribution in [-0.2, 0) is 0 Å². The van der Waals surface area contributed by atoms with E-state index in [-0.39, 0.29) is 0 Å². The lowest BCUT2D eigenvalue weighted by atomic mass is 9.82. The minimum Gasteiger partial charge on any atom is -0.274 e. The molecule has 0 saturated carbocycles. The van der Waals surface area contributed by atoms with Crippen molar-refractivity contribution in [2.75, 3.05) is 0 Å². The zero-order valence-corrected chi connectivity index (χ0v) is 33.6. The maximum atomic E-state index is 4.00. The van der Waals surface area contributed by atoms with Gasteiger partial charge in [0.15, 0.2) is 0 Å². The van der Waals surface area contributed by atoms with Crippen LogP contribution in [0.4, 0.5) is 0 Å². The number of nitrogens with two attached hydrogens (primary N) is 2. The van der Waals surface area contributed by atoms with Crippen molar-refractivity contribution in [3.63, 3.8) is 0 Å². The average molecular weight is 703 g/mol. The first-order chi connectivity index (χ1) is 25.7. The summed E-state index contributed by atoms with van der Waals surface area (Å²) in [5.41, 5.74) is 14.8.